The fourth-order valence-corrected chi connectivity index (χ4v) is 5.04. The highest BCUT2D eigenvalue weighted by Gasteiger charge is 2.34. The zero-order chi connectivity index (χ0) is 18.7. The normalized spacial score (nSPS) is 18.0. The molecule has 3 rings (SSSR count). The number of amides is 1. The summed E-state index contributed by atoms with van der Waals surface area (Å²) in [5.74, 6) is -0.882. The van der Waals surface area contributed by atoms with Gasteiger partial charge in [-0.05, 0) is 53.5 Å². The van der Waals surface area contributed by atoms with Gasteiger partial charge in [-0.3, -0.25) is 9.69 Å². The van der Waals surface area contributed by atoms with Gasteiger partial charge in [-0.25, -0.2) is 4.39 Å². The van der Waals surface area contributed by atoms with E-state index < -0.39 is 15.8 Å². The number of sulfonamides is 1. The summed E-state index contributed by atoms with van der Waals surface area (Å²) in [5.41, 5.74) is 0. The number of thiophene rings is 1. The molecule has 1 fully saturated rings. The number of carbonyl (C=O) groups is 1. The topological polar surface area (TPSA) is 66.8 Å². The number of carbonyl (C=O) groups excluding carboxylic acids is 1. The summed E-state index contributed by atoms with van der Waals surface area (Å²) in [6.45, 7) is 3.72. The van der Waals surface area contributed by atoms with E-state index >= 15 is 0 Å². The molecule has 0 spiro atoms. The summed E-state index contributed by atoms with van der Waals surface area (Å²) in [7, 11) is -4.07. The number of thioether (sulfide) groups is 1. The first-order valence-corrected chi connectivity index (χ1v) is 10.5. The summed E-state index contributed by atoms with van der Waals surface area (Å²) in [5, 5.41) is 1.92. The maximum absolute atomic E-state index is 13.0. The fraction of sp³-hybridized carbons (Fsp3) is 0.0588. The fourth-order valence-electron chi connectivity index (χ4n) is 2.13. The minimum atomic E-state index is -4.07. The highest BCUT2D eigenvalue weighted by atomic mass is 32.2. The Kier molecular flexibility index (Phi) is 5.40. The first kappa shape index (κ1) is 18.6. The van der Waals surface area contributed by atoms with E-state index in [-0.39, 0.29) is 22.5 Å². The van der Waals surface area contributed by atoms with Crippen LogP contribution in [0.1, 0.15) is 4.88 Å². The molecule has 0 bridgehead atoms. The average molecular weight is 409 g/mol. The molecule has 2 heterocycles. The van der Waals surface area contributed by atoms with Crippen molar-refractivity contribution in [2.75, 3.05) is 6.54 Å². The van der Waals surface area contributed by atoms with E-state index in [4.69, 9.17) is 0 Å². The molecule has 134 valence electrons. The van der Waals surface area contributed by atoms with Crippen LogP contribution in [0.3, 0.4) is 0 Å². The first-order chi connectivity index (χ1) is 12.4. The van der Waals surface area contributed by atoms with Gasteiger partial charge in [0.05, 0.1) is 9.80 Å². The molecule has 1 aliphatic rings. The summed E-state index contributed by atoms with van der Waals surface area (Å²) >= 11 is 2.45. The maximum Gasteiger partial charge on any atom is 0.284 e. The van der Waals surface area contributed by atoms with Gasteiger partial charge in [0.1, 0.15) is 5.82 Å². The maximum atomic E-state index is 13.0. The molecule has 1 aliphatic heterocycles. The van der Waals surface area contributed by atoms with Gasteiger partial charge in [0.25, 0.3) is 15.9 Å². The second-order valence-electron chi connectivity index (χ2n) is 5.13. The molecule has 2 aromatic rings. The van der Waals surface area contributed by atoms with Crippen molar-refractivity contribution in [2.24, 2.45) is 4.40 Å². The van der Waals surface area contributed by atoms with E-state index in [1.165, 1.54) is 22.3 Å². The standard InChI is InChI=1S/C17H13FN2O3S3/c1-2-9-20-16(21)15(11-13-4-3-10-24-13)25-17(20)19-26(22,23)14-7-5-12(18)6-8-14/h2-8,10-11H,1,9H2/b15-11-,19-17+. The van der Waals surface area contributed by atoms with Crippen LogP contribution >= 0.6 is 23.1 Å². The van der Waals surface area contributed by atoms with Gasteiger partial charge in [0.15, 0.2) is 5.17 Å². The Labute approximate surface area is 158 Å². The lowest BCUT2D eigenvalue weighted by atomic mass is 10.3. The Morgan fingerprint density at radius 2 is 1.96 bits per heavy atom. The molecular weight excluding hydrogens is 395 g/mol. The quantitative estimate of drug-likeness (QED) is 0.558. The Balaban J connectivity index is 1.98. The van der Waals surface area contributed by atoms with Crippen molar-refractivity contribution in [3.05, 3.63) is 70.0 Å². The van der Waals surface area contributed by atoms with Crippen LogP contribution in [0.4, 0.5) is 4.39 Å². The summed E-state index contributed by atoms with van der Waals surface area (Å²) < 4.78 is 41.8. The molecule has 9 heteroatoms. The van der Waals surface area contributed by atoms with Gasteiger partial charge in [0.2, 0.25) is 0 Å². The molecule has 1 amide bonds. The average Bonchev–Trinajstić information content (AvgIpc) is 3.20. The van der Waals surface area contributed by atoms with Gasteiger partial charge < -0.3 is 0 Å². The van der Waals surface area contributed by atoms with Gasteiger partial charge in [-0.2, -0.15) is 8.42 Å². The molecule has 0 aliphatic carbocycles. The number of rotatable bonds is 5. The molecule has 0 atom stereocenters. The zero-order valence-corrected chi connectivity index (χ0v) is 15.8. The van der Waals surface area contributed by atoms with Gasteiger partial charge >= 0.3 is 0 Å². The van der Waals surface area contributed by atoms with E-state index in [1.54, 1.807) is 6.08 Å². The van der Waals surface area contributed by atoms with E-state index in [1.807, 2.05) is 17.5 Å². The van der Waals surface area contributed by atoms with Gasteiger partial charge in [-0.15, -0.1) is 22.3 Å². The summed E-state index contributed by atoms with van der Waals surface area (Å²) in [6, 6.07) is 8.07. The summed E-state index contributed by atoms with van der Waals surface area (Å²) in [4.78, 5) is 14.9. The molecule has 1 saturated heterocycles. The largest absolute Gasteiger partial charge is 0.284 e. The third kappa shape index (κ3) is 3.95. The lowest BCUT2D eigenvalue weighted by molar-refractivity contribution is -0.121. The monoisotopic (exact) mass is 408 g/mol. The van der Waals surface area contributed by atoms with Crippen LogP contribution < -0.4 is 0 Å². The first-order valence-electron chi connectivity index (χ1n) is 7.37. The van der Waals surface area contributed by atoms with Crippen LogP contribution in [-0.2, 0) is 14.8 Å². The number of amidine groups is 1. The van der Waals surface area contributed by atoms with Crippen molar-refractivity contribution < 1.29 is 17.6 Å². The molecule has 0 unspecified atom stereocenters. The van der Waals surface area contributed by atoms with Crippen LogP contribution in [-0.4, -0.2) is 30.9 Å². The molecule has 1 aromatic heterocycles. The van der Waals surface area contributed by atoms with E-state index in [9.17, 15) is 17.6 Å². The Hall–Kier alpha value is -2.23. The van der Waals surface area contributed by atoms with E-state index in [2.05, 4.69) is 11.0 Å². The van der Waals surface area contributed by atoms with Gasteiger partial charge in [0, 0.05) is 11.4 Å². The molecule has 1 aromatic carbocycles. The zero-order valence-electron chi connectivity index (χ0n) is 13.3. The number of hydrogen-bond acceptors (Lipinski definition) is 5. The van der Waals surface area contributed by atoms with Crippen molar-refractivity contribution in [2.45, 2.75) is 4.90 Å². The third-order valence-corrected chi connectivity index (χ3v) is 6.55. The highest BCUT2D eigenvalue weighted by Crippen LogP contribution is 2.34. The lowest BCUT2D eigenvalue weighted by Gasteiger charge is -2.12. The number of nitrogens with zero attached hydrogens (tertiary/aromatic N) is 2. The smallest absolute Gasteiger partial charge is 0.282 e. The van der Waals surface area contributed by atoms with Crippen molar-refractivity contribution in [1.29, 1.82) is 0 Å². The Morgan fingerprint density at radius 3 is 2.58 bits per heavy atom. The molecular formula is C17H13FN2O3S3. The van der Waals surface area contributed by atoms with Crippen LogP contribution in [0.15, 0.2) is 68.6 Å². The van der Waals surface area contributed by atoms with Crippen molar-refractivity contribution in [3.63, 3.8) is 0 Å². The van der Waals surface area contributed by atoms with Crippen molar-refractivity contribution >= 4 is 50.3 Å². The number of benzene rings is 1. The predicted octanol–water partition coefficient (Wildman–Crippen LogP) is 3.73. The van der Waals surface area contributed by atoms with Crippen LogP contribution in [0.2, 0.25) is 0 Å². The third-order valence-electron chi connectivity index (χ3n) is 3.33. The number of halogens is 1. The predicted molar refractivity (Wildman–Crippen MR) is 103 cm³/mol. The Bertz CT molecular complexity index is 994. The molecule has 26 heavy (non-hydrogen) atoms. The minimum absolute atomic E-state index is 0.0435. The minimum Gasteiger partial charge on any atom is -0.282 e. The molecule has 0 saturated carbocycles. The number of hydrogen-bond donors (Lipinski definition) is 0. The second-order valence-corrected chi connectivity index (χ2v) is 8.73. The van der Waals surface area contributed by atoms with E-state index in [0.29, 0.717) is 4.91 Å². The summed E-state index contributed by atoms with van der Waals surface area (Å²) in [6.07, 6.45) is 3.19. The molecule has 0 N–H and O–H groups in total. The second kappa shape index (κ2) is 7.56. The lowest BCUT2D eigenvalue weighted by Crippen LogP contribution is -2.29. The van der Waals surface area contributed by atoms with Crippen molar-refractivity contribution in [1.82, 2.24) is 4.90 Å². The van der Waals surface area contributed by atoms with Crippen molar-refractivity contribution in [3.8, 4) is 0 Å². The van der Waals surface area contributed by atoms with Crippen LogP contribution in [0.5, 0.6) is 0 Å². The van der Waals surface area contributed by atoms with Crippen LogP contribution in [0, 0.1) is 5.82 Å². The molecule has 5 nitrogen and oxygen atoms in total. The van der Waals surface area contributed by atoms with Gasteiger partial charge in [-0.1, -0.05) is 12.1 Å². The Morgan fingerprint density at radius 1 is 1.23 bits per heavy atom. The van der Waals surface area contributed by atoms with E-state index in [0.717, 1.165) is 40.9 Å². The molecule has 0 radical (unpaired) electrons. The van der Waals surface area contributed by atoms with Crippen LogP contribution in [0.25, 0.3) is 6.08 Å². The SMILES string of the molecule is C=CCN1C(=O)/C(=C/c2cccs2)S/C1=N/S(=O)(=O)c1ccc(F)cc1. The highest BCUT2D eigenvalue weighted by molar-refractivity contribution is 8.19.